The Morgan fingerprint density at radius 2 is 2.00 bits per heavy atom. The summed E-state index contributed by atoms with van der Waals surface area (Å²) in [4.78, 5) is 19.3. The van der Waals surface area contributed by atoms with Gasteiger partial charge in [-0.15, -0.1) is 0 Å². The number of hydrogen-bond acceptors (Lipinski definition) is 4. The van der Waals surface area contributed by atoms with Crippen LogP contribution in [0.2, 0.25) is 0 Å². The molecule has 0 spiro atoms. The van der Waals surface area contributed by atoms with Gasteiger partial charge in [0, 0.05) is 25.6 Å². The third-order valence-electron chi connectivity index (χ3n) is 6.28. The van der Waals surface area contributed by atoms with Crippen LogP contribution in [0.15, 0.2) is 12.1 Å². The van der Waals surface area contributed by atoms with Gasteiger partial charge in [-0.25, -0.2) is 4.98 Å². The number of aryl methyl sites for hydroxylation is 1. The van der Waals surface area contributed by atoms with E-state index in [4.69, 9.17) is 15.5 Å². The summed E-state index contributed by atoms with van der Waals surface area (Å²) < 4.78 is 8.43. The lowest BCUT2D eigenvalue weighted by molar-refractivity contribution is -0.122. The number of carbonyl (C=O) groups is 1. The summed E-state index contributed by atoms with van der Waals surface area (Å²) in [5.74, 6) is 2.21. The SMILES string of the molecule is NC(=O)[C@@H](Cc1cc2c3c(c1)nc(N1CCCCC1)n3CCCO2)C1CC1. The van der Waals surface area contributed by atoms with Crippen molar-refractivity contribution >= 4 is 22.9 Å². The van der Waals surface area contributed by atoms with Gasteiger partial charge < -0.3 is 19.9 Å². The lowest BCUT2D eigenvalue weighted by atomic mass is 9.94. The summed E-state index contributed by atoms with van der Waals surface area (Å²) in [6.45, 7) is 3.83. The maximum Gasteiger partial charge on any atom is 0.221 e. The van der Waals surface area contributed by atoms with Crippen LogP contribution in [0.5, 0.6) is 5.75 Å². The van der Waals surface area contributed by atoms with Crippen molar-refractivity contribution < 1.29 is 9.53 Å². The third kappa shape index (κ3) is 3.15. The van der Waals surface area contributed by atoms with E-state index in [1.54, 1.807) is 0 Å². The lowest BCUT2D eigenvalue weighted by Gasteiger charge is -2.28. The van der Waals surface area contributed by atoms with E-state index in [1.807, 2.05) is 0 Å². The predicted octanol–water partition coefficient (Wildman–Crippen LogP) is 2.86. The number of nitrogens with zero attached hydrogens (tertiary/aromatic N) is 3. The van der Waals surface area contributed by atoms with E-state index < -0.39 is 0 Å². The average Bonchev–Trinajstić information content (AvgIpc) is 3.47. The molecular weight excluding hydrogens is 340 g/mol. The molecule has 3 aliphatic rings. The Morgan fingerprint density at radius 3 is 2.74 bits per heavy atom. The molecule has 0 bridgehead atoms. The first-order chi connectivity index (χ1) is 13.2. The normalized spacial score (nSPS) is 21.0. The first-order valence-electron chi connectivity index (χ1n) is 10.4. The highest BCUT2D eigenvalue weighted by atomic mass is 16.5. The van der Waals surface area contributed by atoms with E-state index in [-0.39, 0.29) is 11.8 Å². The first-order valence-corrected chi connectivity index (χ1v) is 10.4. The van der Waals surface area contributed by atoms with Crippen LogP contribution in [0, 0.1) is 11.8 Å². The topological polar surface area (TPSA) is 73.4 Å². The van der Waals surface area contributed by atoms with Gasteiger partial charge in [-0.1, -0.05) is 0 Å². The minimum absolute atomic E-state index is 0.0657. The number of amides is 1. The van der Waals surface area contributed by atoms with E-state index in [0.717, 1.165) is 73.8 Å². The number of primary amides is 1. The Labute approximate surface area is 159 Å². The number of aromatic nitrogens is 2. The largest absolute Gasteiger partial charge is 0.491 e. The Bertz CT molecular complexity index is 865. The molecule has 1 amide bonds. The Hall–Kier alpha value is -2.24. The molecule has 1 saturated carbocycles. The second kappa shape index (κ2) is 6.73. The fourth-order valence-electron chi connectivity index (χ4n) is 4.71. The van der Waals surface area contributed by atoms with E-state index in [2.05, 4.69) is 21.6 Å². The summed E-state index contributed by atoms with van der Waals surface area (Å²) in [5.41, 5.74) is 8.89. The van der Waals surface area contributed by atoms with Crippen LogP contribution in [0.3, 0.4) is 0 Å². The van der Waals surface area contributed by atoms with Crippen LogP contribution in [0.4, 0.5) is 5.95 Å². The van der Waals surface area contributed by atoms with Crippen LogP contribution in [-0.4, -0.2) is 35.2 Å². The van der Waals surface area contributed by atoms with Gasteiger partial charge >= 0.3 is 0 Å². The minimum atomic E-state index is -0.177. The highest BCUT2D eigenvalue weighted by Gasteiger charge is 2.35. The van der Waals surface area contributed by atoms with Gasteiger partial charge in [0.15, 0.2) is 0 Å². The number of carbonyl (C=O) groups excluding carboxylic acids is 1. The molecule has 2 aromatic rings. The highest BCUT2D eigenvalue weighted by Crippen LogP contribution is 2.40. The van der Waals surface area contributed by atoms with Gasteiger partial charge in [-0.2, -0.15) is 0 Å². The number of anilines is 1. The molecular formula is C21H28N4O2. The monoisotopic (exact) mass is 368 g/mol. The van der Waals surface area contributed by atoms with Crippen molar-refractivity contribution in [2.75, 3.05) is 24.6 Å². The fourth-order valence-corrected chi connectivity index (χ4v) is 4.71. The number of ether oxygens (including phenoxy) is 1. The Kier molecular flexibility index (Phi) is 4.21. The van der Waals surface area contributed by atoms with Gasteiger partial charge in [-0.05, 0) is 68.6 Å². The second-order valence-electron chi connectivity index (χ2n) is 8.33. The van der Waals surface area contributed by atoms with Crippen LogP contribution in [-0.2, 0) is 17.8 Å². The molecule has 6 nitrogen and oxygen atoms in total. The van der Waals surface area contributed by atoms with E-state index >= 15 is 0 Å². The van der Waals surface area contributed by atoms with E-state index in [1.165, 1.54) is 19.3 Å². The number of nitrogens with two attached hydrogens (primary N) is 1. The van der Waals surface area contributed by atoms with E-state index in [0.29, 0.717) is 12.3 Å². The zero-order valence-electron chi connectivity index (χ0n) is 15.8. The zero-order valence-corrected chi connectivity index (χ0v) is 15.8. The summed E-state index contributed by atoms with van der Waals surface area (Å²) in [6.07, 6.45) is 7.70. The molecule has 0 unspecified atom stereocenters. The molecule has 5 rings (SSSR count). The quantitative estimate of drug-likeness (QED) is 0.881. The van der Waals surface area contributed by atoms with Gasteiger partial charge in [0.25, 0.3) is 0 Å². The lowest BCUT2D eigenvalue weighted by Crippen LogP contribution is -2.31. The fraction of sp³-hybridized carbons (Fsp3) is 0.619. The molecule has 2 N–H and O–H groups in total. The van der Waals surface area contributed by atoms with Crippen molar-refractivity contribution in [3.05, 3.63) is 17.7 Å². The standard InChI is InChI=1S/C21H28N4O2/c22-20(26)16(15-5-6-15)11-14-12-17-19-18(13-14)27-10-4-9-25(19)21(23-17)24-7-2-1-3-8-24/h12-13,15-16H,1-11H2,(H2,22,26)/t16-/m0/s1. The maximum atomic E-state index is 11.9. The Morgan fingerprint density at radius 1 is 1.19 bits per heavy atom. The summed E-state index contributed by atoms with van der Waals surface area (Å²) in [7, 11) is 0. The predicted molar refractivity (Wildman–Crippen MR) is 105 cm³/mol. The molecule has 3 heterocycles. The molecule has 1 saturated heterocycles. The summed E-state index contributed by atoms with van der Waals surface area (Å²) in [5, 5.41) is 0. The molecule has 0 radical (unpaired) electrons. The van der Waals surface area contributed by atoms with Gasteiger partial charge in [-0.3, -0.25) is 4.79 Å². The van der Waals surface area contributed by atoms with Crippen LogP contribution in [0.1, 0.15) is 44.1 Å². The maximum absolute atomic E-state index is 11.9. The van der Waals surface area contributed by atoms with E-state index in [9.17, 15) is 4.79 Å². The zero-order chi connectivity index (χ0) is 18.4. The molecule has 2 aliphatic heterocycles. The Balaban J connectivity index is 1.55. The van der Waals surface area contributed by atoms with Crippen molar-refractivity contribution in [2.45, 2.75) is 51.5 Å². The molecule has 6 heteroatoms. The van der Waals surface area contributed by atoms with Crippen LogP contribution < -0.4 is 15.4 Å². The van der Waals surface area contributed by atoms with Gasteiger partial charge in [0.05, 0.1) is 12.1 Å². The number of rotatable bonds is 5. The smallest absolute Gasteiger partial charge is 0.221 e. The molecule has 27 heavy (non-hydrogen) atoms. The molecule has 144 valence electrons. The molecule has 2 fully saturated rings. The molecule has 1 atom stereocenters. The second-order valence-corrected chi connectivity index (χ2v) is 8.33. The van der Waals surface area contributed by atoms with Gasteiger partial charge in [0.1, 0.15) is 11.3 Å². The van der Waals surface area contributed by atoms with Crippen LogP contribution in [0.25, 0.3) is 11.0 Å². The molecule has 1 aromatic heterocycles. The number of hydrogen-bond donors (Lipinski definition) is 1. The molecule has 1 aliphatic carbocycles. The summed E-state index contributed by atoms with van der Waals surface area (Å²) in [6, 6.07) is 4.26. The third-order valence-corrected chi connectivity index (χ3v) is 6.28. The number of imidazole rings is 1. The van der Waals surface area contributed by atoms with Gasteiger partial charge in [0.2, 0.25) is 11.9 Å². The van der Waals surface area contributed by atoms with Crippen molar-refractivity contribution in [2.24, 2.45) is 17.6 Å². The first kappa shape index (κ1) is 16.9. The molecule has 1 aromatic carbocycles. The van der Waals surface area contributed by atoms with Crippen LogP contribution >= 0.6 is 0 Å². The van der Waals surface area contributed by atoms with Crippen molar-refractivity contribution in [1.82, 2.24) is 9.55 Å². The minimum Gasteiger partial charge on any atom is -0.491 e. The highest BCUT2D eigenvalue weighted by molar-refractivity contribution is 5.86. The van der Waals surface area contributed by atoms with Crippen molar-refractivity contribution in [1.29, 1.82) is 0 Å². The average molecular weight is 368 g/mol. The number of piperidine rings is 1. The number of benzene rings is 1. The summed E-state index contributed by atoms with van der Waals surface area (Å²) >= 11 is 0. The van der Waals surface area contributed by atoms with Crippen molar-refractivity contribution in [3.63, 3.8) is 0 Å². The van der Waals surface area contributed by atoms with Crippen molar-refractivity contribution in [3.8, 4) is 5.75 Å².